The number of nitrogens with one attached hydrogen (secondary N) is 1. The lowest BCUT2D eigenvalue weighted by Crippen LogP contribution is -2.49. The quantitative estimate of drug-likeness (QED) is 0.686. The molecule has 6 heteroatoms. The predicted molar refractivity (Wildman–Crippen MR) is 73.1 cm³/mol. The van der Waals surface area contributed by atoms with Gasteiger partial charge in [-0.05, 0) is 52.7 Å². The number of aliphatic carboxylic acids is 1. The molecule has 0 saturated heterocycles. The molecule has 0 aromatic carbocycles. The van der Waals surface area contributed by atoms with Crippen molar-refractivity contribution in [2.24, 2.45) is 5.92 Å². The van der Waals surface area contributed by atoms with Crippen LogP contribution in [0.15, 0.2) is 0 Å². The van der Waals surface area contributed by atoms with Gasteiger partial charge in [0.1, 0.15) is 6.04 Å². The second-order valence-electron chi connectivity index (χ2n) is 5.34. The van der Waals surface area contributed by atoms with Gasteiger partial charge in [0.15, 0.2) is 0 Å². The Balaban J connectivity index is 2.41. The van der Waals surface area contributed by atoms with Crippen LogP contribution >= 0.6 is 0 Å². The highest BCUT2D eigenvalue weighted by Crippen LogP contribution is 2.32. The van der Waals surface area contributed by atoms with Crippen LogP contribution in [0.4, 0.5) is 4.79 Å². The van der Waals surface area contributed by atoms with Crippen molar-refractivity contribution in [2.75, 3.05) is 33.7 Å². The van der Waals surface area contributed by atoms with E-state index in [0.29, 0.717) is 13.1 Å². The fourth-order valence-electron chi connectivity index (χ4n) is 2.02. The van der Waals surface area contributed by atoms with Crippen LogP contribution in [-0.2, 0) is 4.79 Å². The van der Waals surface area contributed by atoms with Crippen LogP contribution in [0.5, 0.6) is 0 Å². The van der Waals surface area contributed by atoms with Gasteiger partial charge in [0.25, 0.3) is 0 Å². The monoisotopic (exact) mass is 271 g/mol. The zero-order chi connectivity index (χ0) is 14.4. The van der Waals surface area contributed by atoms with E-state index in [2.05, 4.69) is 10.2 Å². The summed E-state index contributed by atoms with van der Waals surface area (Å²) in [6, 6.07) is -0.990. The van der Waals surface area contributed by atoms with Crippen LogP contribution in [0, 0.1) is 5.92 Å². The van der Waals surface area contributed by atoms with E-state index in [9.17, 15) is 9.59 Å². The summed E-state index contributed by atoms with van der Waals surface area (Å²) in [6.07, 6.45) is 2.67. The summed E-state index contributed by atoms with van der Waals surface area (Å²) in [5.74, 6) is -0.817. The predicted octanol–water partition coefficient (Wildman–Crippen LogP) is 0.833. The first-order valence-electron chi connectivity index (χ1n) is 6.88. The van der Waals surface area contributed by atoms with Gasteiger partial charge in [-0.25, -0.2) is 9.59 Å². The third-order valence-electron chi connectivity index (χ3n) is 3.34. The Bertz CT molecular complexity index is 316. The van der Waals surface area contributed by atoms with Gasteiger partial charge in [-0.15, -0.1) is 0 Å². The van der Waals surface area contributed by atoms with Crippen molar-refractivity contribution >= 4 is 12.0 Å². The fourth-order valence-corrected chi connectivity index (χ4v) is 2.02. The van der Waals surface area contributed by atoms with Crippen molar-refractivity contribution in [3.63, 3.8) is 0 Å². The smallest absolute Gasteiger partial charge is 0.326 e. The number of carboxylic acid groups (broad SMARTS) is 1. The molecule has 19 heavy (non-hydrogen) atoms. The summed E-state index contributed by atoms with van der Waals surface area (Å²) >= 11 is 0. The molecule has 0 heterocycles. The largest absolute Gasteiger partial charge is 0.480 e. The Kier molecular flexibility index (Phi) is 6.08. The first-order chi connectivity index (χ1) is 8.95. The Hall–Kier alpha value is -1.30. The Morgan fingerprint density at radius 3 is 2.37 bits per heavy atom. The zero-order valence-electron chi connectivity index (χ0n) is 12.1. The van der Waals surface area contributed by atoms with E-state index in [1.165, 1.54) is 0 Å². The molecular weight excluding hydrogens is 246 g/mol. The van der Waals surface area contributed by atoms with E-state index in [4.69, 9.17) is 5.11 Å². The molecule has 1 atom stereocenters. The van der Waals surface area contributed by atoms with Crippen molar-refractivity contribution in [1.29, 1.82) is 0 Å². The van der Waals surface area contributed by atoms with Gasteiger partial charge in [-0.2, -0.15) is 0 Å². The van der Waals surface area contributed by atoms with Gasteiger partial charge in [0, 0.05) is 13.1 Å². The highest BCUT2D eigenvalue weighted by Gasteiger charge is 2.37. The number of carbonyl (C=O) groups is 2. The molecule has 0 aliphatic heterocycles. The first kappa shape index (κ1) is 15.8. The van der Waals surface area contributed by atoms with E-state index in [1.54, 1.807) is 4.90 Å². The molecule has 1 unspecified atom stereocenters. The summed E-state index contributed by atoms with van der Waals surface area (Å²) in [4.78, 5) is 26.9. The molecule has 1 rings (SSSR count). The standard InChI is InChI=1S/C13H25N3O3/c1-4-16(9-5-8-15(2)3)13(19)14-11(12(17)18)10-6-7-10/h10-11H,4-9H2,1-3H3,(H,14,19)(H,17,18). The van der Waals surface area contributed by atoms with Gasteiger partial charge < -0.3 is 20.2 Å². The molecule has 1 fully saturated rings. The van der Waals surface area contributed by atoms with E-state index in [-0.39, 0.29) is 11.9 Å². The fraction of sp³-hybridized carbons (Fsp3) is 0.846. The van der Waals surface area contributed by atoms with Crippen molar-refractivity contribution in [2.45, 2.75) is 32.2 Å². The normalized spacial score (nSPS) is 16.2. The third-order valence-corrected chi connectivity index (χ3v) is 3.34. The number of amides is 2. The van der Waals surface area contributed by atoms with Crippen LogP contribution in [-0.4, -0.2) is 66.7 Å². The van der Waals surface area contributed by atoms with Crippen LogP contribution in [0.2, 0.25) is 0 Å². The molecule has 0 aromatic rings. The van der Waals surface area contributed by atoms with Crippen LogP contribution < -0.4 is 5.32 Å². The topological polar surface area (TPSA) is 72.9 Å². The number of hydrogen-bond donors (Lipinski definition) is 2. The Morgan fingerprint density at radius 2 is 1.95 bits per heavy atom. The lowest BCUT2D eigenvalue weighted by molar-refractivity contribution is -0.139. The Morgan fingerprint density at radius 1 is 1.32 bits per heavy atom. The molecule has 0 aromatic heterocycles. The summed E-state index contributed by atoms with van der Waals surface area (Å²) in [5, 5.41) is 11.7. The molecule has 0 bridgehead atoms. The first-order valence-corrected chi connectivity index (χ1v) is 6.88. The lowest BCUT2D eigenvalue weighted by Gasteiger charge is -2.24. The molecular formula is C13H25N3O3. The molecule has 1 aliphatic carbocycles. The number of nitrogens with zero attached hydrogens (tertiary/aromatic N) is 2. The second-order valence-corrected chi connectivity index (χ2v) is 5.34. The molecule has 1 saturated carbocycles. The van der Waals surface area contributed by atoms with Crippen LogP contribution in [0.1, 0.15) is 26.2 Å². The molecule has 1 aliphatic rings. The minimum absolute atomic E-state index is 0.113. The molecule has 6 nitrogen and oxygen atoms in total. The number of urea groups is 1. The van der Waals surface area contributed by atoms with Crippen molar-refractivity contribution in [3.8, 4) is 0 Å². The maximum atomic E-state index is 12.0. The molecule has 0 radical (unpaired) electrons. The second kappa shape index (κ2) is 7.33. The lowest BCUT2D eigenvalue weighted by atomic mass is 10.2. The maximum absolute atomic E-state index is 12.0. The maximum Gasteiger partial charge on any atom is 0.326 e. The zero-order valence-corrected chi connectivity index (χ0v) is 12.1. The number of rotatable bonds is 8. The molecule has 2 amide bonds. The van der Waals surface area contributed by atoms with E-state index < -0.39 is 12.0 Å². The van der Waals surface area contributed by atoms with E-state index in [0.717, 1.165) is 25.8 Å². The van der Waals surface area contributed by atoms with Gasteiger partial charge >= 0.3 is 12.0 Å². The highest BCUT2D eigenvalue weighted by atomic mass is 16.4. The minimum Gasteiger partial charge on any atom is -0.480 e. The van der Waals surface area contributed by atoms with Gasteiger partial charge in [-0.3, -0.25) is 0 Å². The highest BCUT2D eigenvalue weighted by molar-refractivity contribution is 5.83. The average molecular weight is 271 g/mol. The Labute approximate surface area is 114 Å². The van der Waals surface area contributed by atoms with E-state index in [1.807, 2.05) is 21.0 Å². The number of carboxylic acids is 1. The van der Waals surface area contributed by atoms with Crippen molar-refractivity contribution in [3.05, 3.63) is 0 Å². The van der Waals surface area contributed by atoms with Gasteiger partial charge in [0.05, 0.1) is 0 Å². The van der Waals surface area contributed by atoms with Crippen LogP contribution in [0.25, 0.3) is 0 Å². The van der Waals surface area contributed by atoms with Gasteiger partial charge in [-0.1, -0.05) is 0 Å². The SMILES string of the molecule is CCN(CCCN(C)C)C(=O)NC(C(=O)O)C1CC1. The average Bonchev–Trinajstić information content (AvgIpc) is 3.14. The summed E-state index contributed by atoms with van der Waals surface area (Å²) < 4.78 is 0. The summed E-state index contributed by atoms with van der Waals surface area (Å²) in [7, 11) is 3.98. The van der Waals surface area contributed by atoms with Crippen LogP contribution in [0.3, 0.4) is 0 Å². The molecule has 2 N–H and O–H groups in total. The van der Waals surface area contributed by atoms with Gasteiger partial charge in [0.2, 0.25) is 0 Å². The summed E-state index contributed by atoms with van der Waals surface area (Å²) in [5.41, 5.74) is 0. The molecule has 0 spiro atoms. The number of hydrogen-bond acceptors (Lipinski definition) is 3. The minimum atomic E-state index is -0.930. The third kappa shape index (κ3) is 5.46. The van der Waals surface area contributed by atoms with Crippen molar-refractivity contribution < 1.29 is 14.7 Å². The summed E-state index contributed by atoms with van der Waals surface area (Å²) in [6.45, 7) is 4.06. The van der Waals surface area contributed by atoms with Crippen molar-refractivity contribution in [1.82, 2.24) is 15.1 Å². The van der Waals surface area contributed by atoms with E-state index >= 15 is 0 Å². The molecule has 110 valence electrons. The number of carbonyl (C=O) groups excluding carboxylic acids is 1.